The first-order valence-electron chi connectivity index (χ1n) is 5.83. The Labute approximate surface area is 117 Å². The maximum atomic E-state index is 13.4. The monoisotopic (exact) mass is 293 g/mol. The second-order valence-corrected chi connectivity index (χ2v) is 4.10. The van der Waals surface area contributed by atoms with Gasteiger partial charge in [0.2, 0.25) is 0 Å². The molecule has 2 aromatic rings. The molecule has 0 N–H and O–H groups in total. The smallest absolute Gasteiger partial charge is 0.344 e. The molecule has 0 spiro atoms. The van der Waals surface area contributed by atoms with E-state index < -0.39 is 28.1 Å². The van der Waals surface area contributed by atoms with Crippen LogP contribution in [0.3, 0.4) is 0 Å². The number of carbonyl (C=O) groups excluding carboxylic acids is 1. The maximum absolute atomic E-state index is 13.4. The molecule has 0 aliphatic rings. The van der Waals surface area contributed by atoms with Crippen molar-refractivity contribution in [3.63, 3.8) is 0 Å². The summed E-state index contributed by atoms with van der Waals surface area (Å²) in [7, 11) is 0. The standard InChI is InChI=1S/C14H9F2NO4/c15-11-2-1-3-12(16)13(11)14(18)21-8-9-4-6-10(7-5-9)17(19)20/h1-7H,8H2. The van der Waals surface area contributed by atoms with Crippen LogP contribution in [0, 0.1) is 21.7 Å². The zero-order valence-electron chi connectivity index (χ0n) is 10.6. The van der Waals surface area contributed by atoms with Gasteiger partial charge >= 0.3 is 5.97 Å². The van der Waals surface area contributed by atoms with Crippen LogP contribution in [-0.2, 0) is 11.3 Å². The second-order valence-electron chi connectivity index (χ2n) is 4.10. The molecular weight excluding hydrogens is 284 g/mol. The third-order valence-electron chi connectivity index (χ3n) is 2.68. The van der Waals surface area contributed by atoms with Gasteiger partial charge in [-0.05, 0) is 29.8 Å². The number of halogens is 2. The number of ether oxygens (including phenoxy) is 1. The van der Waals surface area contributed by atoms with Crippen LogP contribution in [0.2, 0.25) is 0 Å². The van der Waals surface area contributed by atoms with E-state index in [2.05, 4.69) is 0 Å². The molecule has 0 amide bonds. The maximum Gasteiger partial charge on any atom is 0.344 e. The SMILES string of the molecule is O=C(OCc1ccc([N+](=O)[O-])cc1)c1c(F)cccc1F. The number of hydrogen-bond acceptors (Lipinski definition) is 4. The quantitative estimate of drug-likeness (QED) is 0.493. The summed E-state index contributed by atoms with van der Waals surface area (Å²) >= 11 is 0. The van der Waals surface area contributed by atoms with Gasteiger partial charge in [-0.1, -0.05) is 6.07 Å². The first kappa shape index (κ1) is 14.6. The van der Waals surface area contributed by atoms with E-state index in [0.29, 0.717) is 5.56 Å². The van der Waals surface area contributed by atoms with Gasteiger partial charge in [0.15, 0.2) is 0 Å². The van der Waals surface area contributed by atoms with Crippen molar-refractivity contribution >= 4 is 11.7 Å². The zero-order valence-corrected chi connectivity index (χ0v) is 10.6. The summed E-state index contributed by atoms with van der Waals surface area (Å²) in [6.07, 6.45) is 0. The molecule has 0 heterocycles. The number of carbonyl (C=O) groups is 1. The number of nitro groups is 1. The normalized spacial score (nSPS) is 10.2. The minimum Gasteiger partial charge on any atom is -0.457 e. The fraction of sp³-hybridized carbons (Fsp3) is 0.0714. The van der Waals surface area contributed by atoms with E-state index in [9.17, 15) is 23.7 Å². The van der Waals surface area contributed by atoms with Gasteiger partial charge in [0.25, 0.3) is 5.69 Å². The molecule has 0 bridgehead atoms. The van der Waals surface area contributed by atoms with E-state index in [4.69, 9.17) is 4.74 Å². The Hall–Kier alpha value is -2.83. The number of hydrogen-bond donors (Lipinski definition) is 0. The van der Waals surface area contributed by atoms with Gasteiger partial charge in [0, 0.05) is 12.1 Å². The van der Waals surface area contributed by atoms with Crippen molar-refractivity contribution in [2.45, 2.75) is 6.61 Å². The Morgan fingerprint density at radius 3 is 2.19 bits per heavy atom. The van der Waals surface area contributed by atoms with E-state index in [1.165, 1.54) is 24.3 Å². The van der Waals surface area contributed by atoms with Gasteiger partial charge in [-0.25, -0.2) is 13.6 Å². The molecule has 21 heavy (non-hydrogen) atoms. The van der Waals surface area contributed by atoms with Crippen molar-refractivity contribution in [3.05, 3.63) is 75.3 Å². The predicted octanol–water partition coefficient (Wildman–Crippen LogP) is 3.23. The van der Waals surface area contributed by atoms with Crippen LogP contribution in [-0.4, -0.2) is 10.9 Å². The van der Waals surface area contributed by atoms with Crippen molar-refractivity contribution in [2.24, 2.45) is 0 Å². The third kappa shape index (κ3) is 3.38. The summed E-state index contributed by atoms with van der Waals surface area (Å²) in [6, 6.07) is 8.31. The van der Waals surface area contributed by atoms with Crippen molar-refractivity contribution in [2.75, 3.05) is 0 Å². The lowest BCUT2D eigenvalue weighted by Gasteiger charge is -2.06. The summed E-state index contributed by atoms with van der Waals surface area (Å²) in [5, 5.41) is 10.5. The Kier molecular flexibility index (Phi) is 4.22. The van der Waals surface area contributed by atoms with Crippen molar-refractivity contribution in [1.82, 2.24) is 0 Å². The third-order valence-corrected chi connectivity index (χ3v) is 2.68. The molecule has 7 heteroatoms. The number of non-ortho nitro benzene ring substituents is 1. The minimum absolute atomic E-state index is 0.106. The summed E-state index contributed by atoms with van der Waals surface area (Å²) in [4.78, 5) is 21.5. The van der Waals surface area contributed by atoms with Crippen LogP contribution in [0.25, 0.3) is 0 Å². The molecule has 108 valence electrons. The van der Waals surface area contributed by atoms with Gasteiger partial charge < -0.3 is 4.74 Å². The lowest BCUT2D eigenvalue weighted by Crippen LogP contribution is -2.10. The summed E-state index contributed by atoms with van der Waals surface area (Å²) < 4.78 is 31.5. The van der Waals surface area contributed by atoms with Crippen molar-refractivity contribution < 1.29 is 23.2 Å². The molecule has 0 fully saturated rings. The van der Waals surface area contributed by atoms with Gasteiger partial charge in [0.1, 0.15) is 23.8 Å². The highest BCUT2D eigenvalue weighted by atomic mass is 19.1. The number of nitrogens with zero attached hydrogens (tertiary/aromatic N) is 1. The molecule has 0 unspecified atom stereocenters. The number of nitro benzene ring substituents is 1. The lowest BCUT2D eigenvalue weighted by atomic mass is 10.2. The highest BCUT2D eigenvalue weighted by molar-refractivity contribution is 5.89. The molecule has 0 saturated heterocycles. The van der Waals surface area contributed by atoms with Crippen LogP contribution in [0.1, 0.15) is 15.9 Å². The largest absolute Gasteiger partial charge is 0.457 e. The van der Waals surface area contributed by atoms with Crippen LogP contribution in [0.4, 0.5) is 14.5 Å². The number of esters is 1. The van der Waals surface area contributed by atoms with Gasteiger partial charge in [-0.2, -0.15) is 0 Å². The Morgan fingerprint density at radius 2 is 1.67 bits per heavy atom. The molecule has 0 aromatic heterocycles. The highest BCUT2D eigenvalue weighted by Gasteiger charge is 2.18. The average Bonchev–Trinajstić information content (AvgIpc) is 2.45. The molecule has 2 aromatic carbocycles. The van der Waals surface area contributed by atoms with Crippen LogP contribution in [0.15, 0.2) is 42.5 Å². The first-order valence-corrected chi connectivity index (χ1v) is 5.83. The second kappa shape index (κ2) is 6.08. The van der Waals surface area contributed by atoms with Crippen LogP contribution in [0.5, 0.6) is 0 Å². The number of rotatable bonds is 4. The fourth-order valence-electron chi connectivity index (χ4n) is 1.63. The van der Waals surface area contributed by atoms with Gasteiger partial charge in [-0.15, -0.1) is 0 Å². The predicted molar refractivity (Wildman–Crippen MR) is 68.6 cm³/mol. The first-order chi connectivity index (χ1) is 9.99. The Balaban J connectivity index is 2.06. The van der Waals surface area contributed by atoms with Gasteiger partial charge in [-0.3, -0.25) is 10.1 Å². The minimum atomic E-state index is -1.14. The zero-order chi connectivity index (χ0) is 15.4. The Bertz CT molecular complexity index is 666. The van der Waals surface area contributed by atoms with E-state index in [-0.39, 0.29) is 12.3 Å². The van der Waals surface area contributed by atoms with Crippen LogP contribution < -0.4 is 0 Å². The molecule has 0 saturated carbocycles. The summed E-state index contributed by atoms with van der Waals surface area (Å²) in [5.74, 6) is -3.16. The fourth-order valence-corrected chi connectivity index (χ4v) is 1.63. The van der Waals surface area contributed by atoms with Crippen LogP contribution >= 0.6 is 0 Å². The molecule has 0 atom stereocenters. The van der Waals surface area contributed by atoms with E-state index in [0.717, 1.165) is 18.2 Å². The number of benzene rings is 2. The summed E-state index contributed by atoms with van der Waals surface area (Å²) in [6.45, 7) is -0.245. The topological polar surface area (TPSA) is 69.4 Å². The molecule has 2 rings (SSSR count). The molecule has 5 nitrogen and oxygen atoms in total. The molecule has 0 radical (unpaired) electrons. The molecule has 0 aliphatic carbocycles. The van der Waals surface area contributed by atoms with Gasteiger partial charge in [0.05, 0.1) is 4.92 Å². The van der Waals surface area contributed by atoms with Crippen molar-refractivity contribution in [3.8, 4) is 0 Å². The summed E-state index contributed by atoms with van der Waals surface area (Å²) in [5.41, 5.74) is -0.407. The van der Waals surface area contributed by atoms with E-state index in [1.807, 2.05) is 0 Å². The van der Waals surface area contributed by atoms with E-state index in [1.54, 1.807) is 0 Å². The highest BCUT2D eigenvalue weighted by Crippen LogP contribution is 2.16. The van der Waals surface area contributed by atoms with E-state index >= 15 is 0 Å². The lowest BCUT2D eigenvalue weighted by molar-refractivity contribution is -0.384. The van der Waals surface area contributed by atoms with Crippen molar-refractivity contribution in [1.29, 1.82) is 0 Å². The molecular formula is C14H9F2NO4. The molecule has 0 aliphatic heterocycles. The Morgan fingerprint density at radius 1 is 1.10 bits per heavy atom. The average molecular weight is 293 g/mol.